The first-order valence-electron chi connectivity index (χ1n) is 20.3. The summed E-state index contributed by atoms with van der Waals surface area (Å²) in [5.41, 5.74) is 0.939. The molecule has 11 nitrogen and oxygen atoms in total. The van der Waals surface area contributed by atoms with Gasteiger partial charge < -0.3 is 33.5 Å². The molecule has 1 N–H and O–H groups in total. The number of aliphatic hydroxyl groups excluding tert-OH is 1. The van der Waals surface area contributed by atoms with E-state index in [0.29, 0.717) is 11.8 Å². The van der Waals surface area contributed by atoms with Crippen molar-refractivity contribution in [2.45, 2.75) is 170 Å². The Labute approximate surface area is 321 Å². The van der Waals surface area contributed by atoms with Crippen molar-refractivity contribution in [3.63, 3.8) is 0 Å². The lowest BCUT2D eigenvalue weighted by atomic mass is 9.33. The summed E-state index contributed by atoms with van der Waals surface area (Å²) in [6, 6.07) is 0. The zero-order valence-electron chi connectivity index (χ0n) is 34.6. The standard InChI is InChI=1S/C43H66O11/c1-24(44)50-23-29-34(51-25(2)45)35(52-26(3)46)33(47)36(53-29)54-32-15-16-40(8)30(39(32,6)7)14-17-42(10)31(40)13-12-27-28-22-38(4,5)18-20-43(28,37(48)49-11)21-19-41(27,42)9/h12,28-36,47H,13-23H2,1-11H3/t28-,29+,30-,31+,32-,33+,34+,35+,36-,40-,41+,42+,43-/m0/s1. The monoisotopic (exact) mass is 758 g/mol. The minimum Gasteiger partial charge on any atom is -0.469 e. The van der Waals surface area contributed by atoms with E-state index in [9.17, 15) is 24.3 Å². The lowest BCUT2D eigenvalue weighted by Gasteiger charge is -2.71. The number of allylic oxidation sites excluding steroid dienone is 2. The highest BCUT2D eigenvalue weighted by molar-refractivity contribution is 5.78. The van der Waals surface area contributed by atoms with E-state index in [1.165, 1.54) is 26.3 Å². The van der Waals surface area contributed by atoms with Gasteiger partial charge in [0.15, 0.2) is 18.5 Å². The van der Waals surface area contributed by atoms with Crippen LogP contribution in [0.2, 0.25) is 0 Å². The highest BCUT2D eigenvalue weighted by Crippen LogP contribution is 2.76. The minimum absolute atomic E-state index is 0.00865. The summed E-state index contributed by atoms with van der Waals surface area (Å²) in [6.07, 6.45) is 5.55. The molecule has 4 saturated carbocycles. The Hall–Kier alpha value is -2.50. The number of methoxy groups -OCH3 is 1. The Bertz CT molecular complexity index is 1530. The molecule has 0 aromatic carbocycles. The Morgan fingerprint density at radius 3 is 2.09 bits per heavy atom. The molecular weight excluding hydrogens is 692 g/mol. The van der Waals surface area contributed by atoms with Crippen LogP contribution < -0.4 is 0 Å². The number of carbonyl (C=O) groups excluding carboxylic acids is 4. The van der Waals surface area contributed by atoms with E-state index in [2.05, 4.69) is 54.5 Å². The maximum absolute atomic E-state index is 13.6. The van der Waals surface area contributed by atoms with Crippen LogP contribution in [0, 0.1) is 50.2 Å². The molecule has 0 aromatic heterocycles. The highest BCUT2D eigenvalue weighted by Gasteiger charge is 2.69. The number of ether oxygens (including phenoxy) is 6. The molecule has 6 aliphatic rings. The Balaban J connectivity index is 1.27. The molecule has 5 fully saturated rings. The number of aliphatic hydroxyl groups is 1. The Morgan fingerprint density at radius 2 is 1.46 bits per heavy atom. The molecule has 5 aliphatic carbocycles. The SMILES string of the molecule is COC(=O)[C@]12CCC(C)(C)C[C@H]1C1=CC[C@@H]3[C@@]4(C)CC[C@H](O[C@@H]5O[C@H](COC(C)=O)[C@@H](OC(C)=O)[C@H](OC(C)=O)[C@H]5O)C(C)(C)[C@@H]4CC[C@@]3(C)[C@]1(C)CC2. The fraction of sp³-hybridized carbons (Fsp3) is 0.860. The third-order valence-electron chi connectivity index (χ3n) is 16.1. The van der Waals surface area contributed by atoms with Crippen molar-refractivity contribution < 1.29 is 52.7 Å². The number of esters is 4. The van der Waals surface area contributed by atoms with Crippen molar-refractivity contribution in [1.29, 1.82) is 0 Å². The fourth-order valence-corrected chi connectivity index (χ4v) is 13.2. The molecule has 13 atom stereocenters. The minimum atomic E-state index is -1.46. The van der Waals surface area contributed by atoms with Gasteiger partial charge in [0, 0.05) is 20.8 Å². The summed E-state index contributed by atoms with van der Waals surface area (Å²) in [5.74, 6) is -0.971. The van der Waals surface area contributed by atoms with Crippen LogP contribution in [0.5, 0.6) is 0 Å². The van der Waals surface area contributed by atoms with Crippen LogP contribution in [0.1, 0.15) is 133 Å². The van der Waals surface area contributed by atoms with E-state index in [4.69, 9.17) is 28.4 Å². The van der Waals surface area contributed by atoms with E-state index >= 15 is 0 Å². The van der Waals surface area contributed by atoms with Gasteiger partial charge in [0.1, 0.15) is 18.8 Å². The van der Waals surface area contributed by atoms with E-state index < -0.39 is 54.0 Å². The van der Waals surface area contributed by atoms with Crippen molar-refractivity contribution in [3.05, 3.63) is 11.6 Å². The second kappa shape index (κ2) is 14.2. The molecule has 0 spiro atoms. The average Bonchev–Trinajstić information content (AvgIpc) is 3.07. The molecule has 0 bridgehead atoms. The van der Waals surface area contributed by atoms with E-state index in [1.54, 1.807) is 7.11 Å². The molecule has 0 amide bonds. The summed E-state index contributed by atoms with van der Waals surface area (Å²) in [6.45, 7) is 20.2. The number of carbonyl (C=O) groups is 4. The lowest BCUT2D eigenvalue weighted by Crippen LogP contribution is -2.66. The number of fused-ring (bicyclic) bond motifs is 7. The summed E-state index contributed by atoms with van der Waals surface area (Å²) >= 11 is 0. The average molecular weight is 759 g/mol. The van der Waals surface area contributed by atoms with E-state index in [0.717, 1.165) is 64.2 Å². The van der Waals surface area contributed by atoms with Crippen LogP contribution in [-0.2, 0) is 47.6 Å². The normalized spacial score (nSPS) is 44.8. The van der Waals surface area contributed by atoms with E-state index in [-0.39, 0.29) is 51.7 Å². The molecule has 1 aliphatic heterocycles. The lowest BCUT2D eigenvalue weighted by molar-refractivity contribution is -0.332. The third-order valence-corrected chi connectivity index (χ3v) is 16.1. The van der Waals surface area contributed by atoms with Gasteiger partial charge in [0.25, 0.3) is 0 Å². The van der Waals surface area contributed by atoms with Crippen molar-refractivity contribution >= 4 is 23.9 Å². The number of rotatable bonds is 7. The molecule has 304 valence electrons. The first-order valence-corrected chi connectivity index (χ1v) is 20.3. The fourth-order valence-electron chi connectivity index (χ4n) is 13.2. The van der Waals surface area contributed by atoms with Crippen LogP contribution in [0.25, 0.3) is 0 Å². The van der Waals surface area contributed by atoms with Crippen molar-refractivity contribution in [2.24, 2.45) is 50.2 Å². The zero-order chi connectivity index (χ0) is 39.8. The van der Waals surface area contributed by atoms with Gasteiger partial charge in [-0.1, -0.05) is 60.1 Å². The smallest absolute Gasteiger partial charge is 0.312 e. The first-order chi connectivity index (χ1) is 25.1. The Morgan fingerprint density at radius 1 is 0.815 bits per heavy atom. The van der Waals surface area contributed by atoms with Crippen LogP contribution in [0.15, 0.2) is 11.6 Å². The van der Waals surface area contributed by atoms with Crippen molar-refractivity contribution in [2.75, 3.05) is 13.7 Å². The number of hydrogen-bond donors (Lipinski definition) is 1. The maximum Gasteiger partial charge on any atom is 0.312 e. The third kappa shape index (κ3) is 6.53. The summed E-state index contributed by atoms with van der Waals surface area (Å²) in [5, 5.41) is 11.6. The molecule has 0 unspecified atom stereocenters. The second-order valence-electron chi connectivity index (χ2n) is 19.8. The van der Waals surface area contributed by atoms with Crippen LogP contribution in [-0.4, -0.2) is 79.5 Å². The zero-order valence-corrected chi connectivity index (χ0v) is 34.6. The molecule has 11 heteroatoms. The summed E-state index contributed by atoms with van der Waals surface area (Å²) in [4.78, 5) is 49.7. The predicted molar refractivity (Wildman–Crippen MR) is 198 cm³/mol. The van der Waals surface area contributed by atoms with Gasteiger partial charge in [-0.15, -0.1) is 0 Å². The first kappa shape index (κ1) is 41.1. The summed E-state index contributed by atoms with van der Waals surface area (Å²) < 4.78 is 34.8. The largest absolute Gasteiger partial charge is 0.469 e. The van der Waals surface area contributed by atoms with Gasteiger partial charge in [0.05, 0.1) is 18.6 Å². The Kier molecular flexibility index (Phi) is 10.8. The van der Waals surface area contributed by atoms with Gasteiger partial charge in [0.2, 0.25) is 0 Å². The molecule has 6 rings (SSSR count). The van der Waals surface area contributed by atoms with Crippen LogP contribution >= 0.6 is 0 Å². The van der Waals surface area contributed by atoms with Crippen LogP contribution in [0.3, 0.4) is 0 Å². The maximum atomic E-state index is 13.6. The van der Waals surface area contributed by atoms with Gasteiger partial charge in [-0.05, 0) is 109 Å². The van der Waals surface area contributed by atoms with Gasteiger partial charge >= 0.3 is 23.9 Å². The topological polar surface area (TPSA) is 144 Å². The molecular formula is C43H66O11. The molecule has 1 saturated heterocycles. The van der Waals surface area contributed by atoms with Crippen molar-refractivity contribution in [1.82, 2.24) is 0 Å². The van der Waals surface area contributed by atoms with Crippen molar-refractivity contribution in [3.8, 4) is 0 Å². The quantitative estimate of drug-likeness (QED) is 0.126. The van der Waals surface area contributed by atoms with Gasteiger partial charge in [-0.3, -0.25) is 19.2 Å². The number of hydrogen-bond acceptors (Lipinski definition) is 11. The second-order valence-corrected chi connectivity index (χ2v) is 19.8. The molecule has 0 aromatic rings. The van der Waals surface area contributed by atoms with E-state index in [1.807, 2.05) is 0 Å². The van der Waals surface area contributed by atoms with Crippen LogP contribution in [0.4, 0.5) is 0 Å². The van der Waals surface area contributed by atoms with Gasteiger partial charge in [-0.25, -0.2) is 0 Å². The van der Waals surface area contributed by atoms with Gasteiger partial charge in [-0.2, -0.15) is 0 Å². The molecule has 0 radical (unpaired) electrons. The molecule has 54 heavy (non-hydrogen) atoms. The molecule has 1 heterocycles. The predicted octanol–water partition coefficient (Wildman–Crippen LogP) is 6.86. The summed E-state index contributed by atoms with van der Waals surface area (Å²) in [7, 11) is 1.55. The highest BCUT2D eigenvalue weighted by atomic mass is 16.7.